The van der Waals surface area contributed by atoms with Crippen molar-refractivity contribution < 1.29 is 4.79 Å². The maximum Gasteiger partial charge on any atom is 0.261 e. The molecule has 3 rings (SSSR count). The van der Waals surface area contributed by atoms with E-state index in [9.17, 15) is 4.79 Å². The molecule has 116 valence electrons. The van der Waals surface area contributed by atoms with Gasteiger partial charge in [0.05, 0.1) is 4.88 Å². The van der Waals surface area contributed by atoms with Crippen molar-refractivity contribution in [3.8, 4) is 0 Å². The Morgan fingerprint density at radius 3 is 3.00 bits per heavy atom. The van der Waals surface area contributed by atoms with E-state index in [0.29, 0.717) is 0 Å². The van der Waals surface area contributed by atoms with E-state index in [1.807, 2.05) is 36.6 Å². The van der Waals surface area contributed by atoms with Gasteiger partial charge in [-0.25, -0.2) is 9.97 Å². The molecule has 1 aliphatic carbocycles. The highest BCUT2D eigenvalue weighted by Crippen LogP contribution is 2.23. The lowest BCUT2D eigenvalue weighted by Gasteiger charge is -2.25. The summed E-state index contributed by atoms with van der Waals surface area (Å²) in [6.45, 7) is 0. The number of carbonyl (C=O) groups is 1. The van der Waals surface area contributed by atoms with E-state index in [1.54, 1.807) is 0 Å². The molecule has 5 nitrogen and oxygen atoms in total. The lowest BCUT2D eigenvalue weighted by atomic mass is 9.93. The topological polar surface area (TPSA) is 58.1 Å². The van der Waals surface area contributed by atoms with Crippen LogP contribution in [0, 0.1) is 0 Å². The first-order valence-electron chi connectivity index (χ1n) is 7.10. The van der Waals surface area contributed by atoms with E-state index in [0.717, 1.165) is 45.8 Å². The van der Waals surface area contributed by atoms with Gasteiger partial charge in [0.1, 0.15) is 0 Å². The molecule has 0 aromatic carbocycles. The summed E-state index contributed by atoms with van der Waals surface area (Å²) >= 11 is 4.82. The van der Waals surface area contributed by atoms with Crippen molar-refractivity contribution in [3.63, 3.8) is 0 Å². The van der Waals surface area contributed by atoms with Crippen LogP contribution in [-0.2, 0) is 12.8 Å². The van der Waals surface area contributed by atoms with Gasteiger partial charge in [-0.2, -0.15) is 0 Å². The van der Waals surface area contributed by atoms with Crippen molar-refractivity contribution in [1.82, 2.24) is 15.3 Å². The fourth-order valence-corrected chi connectivity index (χ4v) is 3.85. The van der Waals surface area contributed by atoms with Crippen molar-refractivity contribution in [2.24, 2.45) is 0 Å². The molecule has 2 heterocycles. The summed E-state index contributed by atoms with van der Waals surface area (Å²) in [5.74, 6) is 0.736. The number of nitrogens with one attached hydrogen (secondary N) is 1. The Hall–Kier alpha value is -1.47. The molecule has 0 radical (unpaired) electrons. The number of carbonyl (C=O) groups excluding carboxylic acids is 1. The van der Waals surface area contributed by atoms with Crippen LogP contribution >= 0.6 is 27.3 Å². The van der Waals surface area contributed by atoms with E-state index in [-0.39, 0.29) is 11.9 Å². The highest BCUT2D eigenvalue weighted by Gasteiger charge is 2.23. The highest BCUT2D eigenvalue weighted by molar-refractivity contribution is 9.10. The molecule has 1 N–H and O–H groups in total. The number of nitrogens with zero attached hydrogens (tertiary/aromatic N) is 3. The van der Waals surface area contributed by atoms with Gasteiger partial charge in [-0.15, -0.1) is 11.3 Å². The number of thiophene rings is 1. The first kappa shape index (κ1) is 15.4. The number of fused-ring (bicyclic) bond motifs is 1. The third-order valence-corrected chi connectivity index (χ3v) is 5.35. The Balaban J connectivity index is 1.68. The Morgan fingerprint density at radius 2 is 2.32 bits per heavy atom. The van der Waals surface area contributed by atoms with Gasteiger partial charge in [0, 0.05) is 41.9 Å². The van der Waals surface area contributed by atoms with Gasteiger partial charge in [0.25, 0.3) is 5.91 Å². The number of hydrogen-bond acceptors (Lipinski definition) is 5. The summed E-state index contributed by atoms with van der Waals surface area (Å²) in [5.41, 5.74) is 2.23. The van der Waals surface area contributed by atoms with E-state index < -0.39 is 0 Å². The average Bonchev–Trinajstić information content (AvgIpc) is 2.93. The number of rotatable bonds is 3. The molecule has 0 saturated heterocycles. The third kappa shape index (κ3) is 3.30. The molecular weight excluding hydrogens is 364 g/mol. The van der Waals surface area contributed by atoms with Gasteiger partial charge < -0.3 is 10.2 Å². The molecule has 0 aliphatic heterocycles. The van der Waals surface area contributed by atoms with Gasteiger partial charge in [-0.05, 0) is 46.8 Å². The van der Waals surface area contributed by atoms with Gasteiger partial charge >= 0.3 is 0 Å². The first-order chi connectivity index (χ1) is 10.5. The summed E-state index contributed by atoms with van der Waals surface area (Å²) in [4.78, 5) is 23.8. The lowest BCUT2D eigenvalue weighted by Crippen LogP contribution is -2.39. The molecule has 2 aromatic rings. The van der Waals surface area contributed by atoms with Gasteiger partial charge in [0.2, 0.25) is 5.95 Å². The number of aromatic nitrogens is 2. The fraction of sp³-hybridized carbons (Fsp3) is 0.400. The summed E-state index contributed by atoms with van der Waals surface area (Å²) in [7, 11) is 3.87. The first-order valence-corrected chi connectivity index (χ1v) is 8.77. The van der Waals surface area contributed by atoms with Crippen molar-refractivity contribution in [1.29, 1.82) is 0 Å². The molecule has 22 heavy (non-hydrogen) atoms. The quantitative estimate of drug-likeness (QED) is 0.888. The molecule has 1 unspecified atom stereocenters. The molecule has 0 spiro atoms. The van der Waals surface area contributed by atoms with Crippen molar-refractivity contribution >= 4 is 39.1 Å². The average molecular weight is 381 g/mol. The number of amides is 1. The van der Waals surface area contributed by atoms with Crippen LogP contribution in [0.25, 0.3) is 0 Å². The summed E-state index contributed by atoms with van der Waals surface area (Å²) in [5, 5.41) is 5.03. The second-order valence-electron chi connectivity index (χ2n) is 5.58. The molecule has 2 aromatic heterocycles. The number of hydrogen-bond donors (Lipinski definition) is 1. The van der Waals surface area contributed by atoms with E-state index in [2.05, 4.69) is 31.2 Å². The molecule has 1 aliphatic rings. The lowest BCUT2D eigenvalue weighted by molar-refractivity contribution is 0.0937. The van der Waals surface area contributed by atoms with Crippen LogP contribution < -0.4 is 10.2 Å². The number of anilines is 1. The van der Waals surface area contributed by atoms with Crippen molar-refractivity contribution in [2.45, 2.75) is 25.3 Å². The van der Waals surface area contributed by atoms with Crippen LogP contribution in [0.3, 0.4) is 0 Å². The normalized spacial score (nSPS) is 17.0. The largest absolute Gasteiger partial charge is 0.348 e. The minimum Gasteiger partial charge on any atom is -0.348 e. The molecule has 0 saturated carbocycles. The van der Waals surface area contributed by atoms with Crippen LogP contribution in [0.2, 0.25) is 0 Å². The summed E-state index contributed by atoms with van der Waals surface area (Å²) in [6, 6.07) is 2.00. The van der Waals surface area contributed by atoms with Crippen LogP contribution in [-0.4, -0.2) is 36.0 Å². The van der Waals surface area contributed by atoms with Crippen LogP contribution in [0.15, 0.2) is 22.1 Å². The summed E-state index contributed by atoms with van der Waals surface area (Å²) in [6.07, 6.45) is 4.46. The highest BCUT2D eigenvalue weighted by atomic mass is 79.9. The van der Waals surface area contributed by atoms with E-state index in [1.165, 1.54) is 11.3 Å². The van der Waals surface area contributed by atoms with E-state index in [4.69, 9.17) is 0 Å². The van der Waals surface area contributed by atoms with Crippen LogP contribution in [0.4, 0.5) is 5.95 Å². The molecule has 0 bridgehead atoms. The maximum atomic E-state index is 12.2. The summed E-state index contributed by atoms with van der Waals surface area (Å²) < 4.78 is 0.946. The second-order valence-corrected chi connectivity index (χ2v) is 7.41. The Morgan fingerprint density at radius 1 is 1.50 bits per heavy atom. The Kier molecular flexibility index (Phi) is 4.44. The number of aryl methyl sites for hydroxylation is 1. The van der Waals surface area contributed by atoms with Crippen LogP contribution in [0.5, 0.6) is 0 Å². The predicted octanol–water partition coefficient (Wildman–Crippen LogP) is 2.65. The zero-order valence-corrected chi connectivity index (χ0v) is 14.9. The molecular formula is C15H17BrN4OS. The Bertz CT molecular complexity index is 701. The predicted molar refractivity (Wildman–Crippen MR) is 91.7 cm³/mol. The molecule has 1 atom stereocenters. The van der Waals surface area contributed by atoms with Crippen molar-refractivity contribution in [3.05, 3.63) is 38.3 Å². The third-order valence-electron chi connectivity index (χ3n) is 3.66. The minimum atomic E-state index is -0.00465. The SMILES string of the molecule is CN(C)c1ncc2c(n1)CCC(NC(=O)c1cc(Br)cs1)C2. The standard InChI is InChI=1S/C15H17BrN4OS/c1-20(2)15-17-7-9-5-11(3-4-12(9)19-15)18-14(21)13-6-10(16)8-22-13/h6-8,11H,3-5H2,1-2H3,(H,18,21). The van der Waals surface area contributed by atoms with Crippen molar-refractivity contribution in [2.75, 3.05) is 19.0 Å². The van der Waals surface area contributed by atoms with Gasteiger partial charge in [-0.3, -0.25) is 4.79 Å². The minimum absolute atomic E-state index is 0.00465. The molecule has 7 heteroatoms. The van der Waals surface area contributed by atoms with E-state index >= 15 is 0 Å². The zero-order chi connectivity index (χ0) is 15.7. The van der Waals surface area contributed by atoms with Gasteiger partial charge in [-0.1, -0.05) is 0 Å². The molecule has 1 amide bonds. The maximum absolute atomic E-state index is 12.2. The van der Waals surface area contributed by atoms with Gasteiger partial charge in [0.15, 0.2) is 0 Å². The fourth-order valence-electron chi connectivity index (χ4n) is 2.52. The smallest absolute Gasteiger partial charge is 0.261 e. The Labute approximate surface area is 141 Å². The van der Waals surface area contributed by atoms with Crippen LogP contribution in [0.1, 0.15) is 27.3 Å². The zero-order valence-electron chi connectivity index (χ0n) is 12.5. The monoisotopic (exact) mass is 380 g/mol. The second kappa shape index (κ2) is 6.34. The molecule has 0 fully saturated rings. The number of halogens is 1.